The van der Waals surface area contributed by atoms with Gasteiger partial charge in [0.1, 0.15) is 5.75 Å². The Morgan fingerprint density at radius 3 is 2.57 bits per heavy atom. The van der Waals surface area contributed by atoms with Crippen molar-refractivity contribution >= 4 is 17.3 Å². The fourth-order valence-corrected chi connectivity index (χ4v) is 3.55. The Balaban J connectivity index is 1.56. The van der Waals surface area contributed by atoms with Gasteiger partial charge in [0.15, 0.2) is 6.61 Å². The zero-order valence-electron chi connectivity index (χ0n) is 16.2. The average Bonchev–Trinajstić information content (AvgIpc) is 2.74. The number of benzene rings is 3. The van der Waals surface area contributed by atoms with E-state index >= 15 is 0 Å². The van der Waals surface area contributed by atoms with Crippen molar-refractivity contribution in [3.63, 3.8) is 0 Å². The summed E-state index contributed by atoms with van der Waals surface area (Å²) >= 11 is 0. The Morgan fingerprint density at radius 1 is 1.00 bits per heavy atom. The van der Waals surface area contributed by atoms with Gasteiger partial charge in [0.25, 0.3) is 5.91 Å². The first kappa shape index (κ1) is 18.1. The van der Waals surface area contributed by atoms with Crippen molar-refractivity contribution in [2.75, 3.05) is 23.4 Å². The molecular weight excluding hydrogens is 348 g/mol. The number of nitrogens with zero attached hydrogens (tertiary/aromatic N) is 1. The zero-order chi connectivity index (χ0) is 19.5. The van der Waals surface area contributed by atoms with E-state index in [1.54, 1.807) is 0 Å². The van der Waals surface area contributed by atoms with Gasteiger partial charge in [0.2, 0.25) is 0 Å². The first-order chi connectivity index (χ1) is 13.6. The molecule has 3 aromatic rings. The lowest BCUT2D eigenvalue weighted by Gasteiger charge is -2.36. The number of hydrogen-bond acceptors (Lipinski definition) is 3. The molecule has 1 N–H and O–H groups in total. The maximum Gasteiger partial charge on any atom is 0.265 e. The molecule has 1 aliphatic heterocycles. The van der Waals surface area contributed by atoms with Gasteiger partial charge in [-0.3, -0.25) is 4.79 Å². The first-order valence-corrected chi connectivity index (χ1v) is 9.53. The number of aryl methyl sites for hydroxylation is 1. The van der Waals surface area contributed by atoms with E-state index in [1.165, 1.54) is 0 Å². The van der Waals surface area contributed by atoms with Crippen molar-refractivity contribution in [1.29, 1.82) is 0 Å². The molecule has 28 heavy (non-hydrogen) atoms. The number of nitrogens with one attached hydrogen (secondary N) is 1. The number of fused-ring (bicyclic) bond motifs is 1. The number of ether oxygens (including phenoxy) is 1. The smallest absolute Gasteiger partial charge is 0.265 e. The number of para-hydroxylation sites is 2. The SMILES string of the molecule is Cc1cccc(OCC(=O)N2CC(c3ccccc3)Nc3ccccc32)c1C. The second-order valence-electron chi connectivity index (χ2n) is 7.12. The molecule has 4 rings (SSSR count). The molecule has 3 aromatic carbocycles. The van der Waals surface area contributed by atoms with Crippen LogP contribution in [-0.4, -0.2) is 19.1 Å². The van der Waals surface area contributed by atoms with Crippen LogP contribution >= 0.6 is 0 Å². The lowest BCUT2D eigenvalue weighted by Crippen LogP contribution is -2.43. The van der Waals surface area contributed by atoms with Gasteiger partial charge >= 0.3 is 0 Å². The highest BCUT2D eigenvalue weighted by molar-refractivity contribution is 5.98. The van der Waals surface area contributed by atoms with Gasteiger partial charge < -0.3 is 15.0 Å². The van der Waals surface area contributed by atoms with E-state index < -0.39 is 0 Å². The second-order valence-corrected chi connectivity index (χ2v) is 7.12. The lowest BCUT2D eigenvalue weighted by atomic mass is 10.0. The van der Waals surface area contributed by atoms with Gasteiger partial charge in [-0.05, 0) is 48.7 Å². The summed E-state index contributed by atoms with van der Waals surface area (Å²) in [7, 11) is 0. The maximum absolute atomic E-state index is 13.1. The highest BCUT2D eigenvalue weighted by atomic mass is 16.5. The summed E-state index contributed by atoms with van der Waals surface area (Å²) in [5.74, 6) is 0.715. The van der Waals surface area contributed by atoms with Crippen LogP contribution in [0.5, 0.6) is 5.75 Å². The molecule has 0 aromatic heterocycles. The Kier molecular flexibility index (Phi) is 5.02. The van der Waals surface area contributed by atoms with E-state index in [0.29, 0.717) is 6.54 Å². The highest BCUT2D eigenvalue weighted by Gasteiger charge is 2.29. The number of hydrogen-bond donors (Lipinski definition) is 1. The summed E-state index contributed by atoms with van der Waals surface area (Å²) in [6.07, 6.45) is 0. The standard InChI is InChI=1S/C24H24N2O2/c1-17-9-8-14-23(18(17)2)28-16-24(27)26-15-21(19-10-4-3-5-11-19)25-20-12-6-7-13-22(20)26/h3-14,21,25H,15-16H2,1-2H3. The molecule has 0 spiro atoms. The molecule has 1 atom stereocenters. The molecule has 1 heterocycles. The summed E-state index contributed by atoms with van der Waals surface area (Å²) in [5, 5.41) is 3.55. The van der Waals surface area contributed by atoms with E-state index in [9.17, 15) is 4.79 Å². The molecule has 4 nitrogen and oxygen atoms in total. The van der Waals surface area contributed by atoms with Crippen molar-refractivity contribution in [2.24, 2.45) is 0 Å². The molecule has 0 saturated heterocycles. The Bertz CT molecular complexity index is 985. The number of carbonyl (C=O) groups excluding carboxylic acids is 1. The predicted octanol–water partition coefficient (Wildman–Crippen LogP) is 4.88. The van der Waals surface area contributed by atoms with Crippen LogP contribution in [0.2, 0.25) is 0 Å². The number of anilines is 2. The number of carbonyl (C=O) groups is 1. The Labute approximate surface area is 165 Å². The fourth-order valence-electron chi connectivity index (χ4n) is 3.55. The molecule has 142 valence electrons. The minimum absolute atomic E-state index is 0.0140. The maximum atomic E-state index is 13.1. The summed E-state index contributed by atoms with van der Waals surface area (Å²) in [5.41, 5.74) is 5.23. The topological polar surface area (TPSA) is 41.6 Å². The normalized spacial score (nSPS) is 15.5. The lowest BCUT2D eigenvalue weighted by molar-refractivity contribution is -0.120. The van der Waals surface area contributed by atoms with Crippen LogP contribution in [-0.2, 0) is 4.79 Å². The monoisotopic (exact) mass is 372 g/mol. The van der Waals surface area contributed by atoms with Crippen molar-refractivity contribution in [2.45, 2.75) is 19.9 Å². The minimum atomic E-state index is -0.0456. The third-order valence-corrected chi connectivity index (χ3v) is 5.30. The first-order valence-electron chi connectivity index (χ1n) is 9.53. The fraction of sp³-hybridized carbons (Fsp3) is 0.208. The van der Waals surface area contributed by atoms with Crippen LogP contribution in [0.25, 0.3) is 0 Å². The highest BCUT2D eigenvalue weighted by Crippen LogP contribution is 2.35. The molecule has 0 fully saturated rings. The Morgan fingerprint density at radius 2 is 1.75 bits per heavy atom. The van der Waals surface area contributed by atoms with Crippen molar-refractivity contribution in [1.82, 2.24) is 0 Å². The van der Waals surface area contributed by atoms with Crippen LogP contribution < -0.4 is 15.0 Å². The quantitative estimate of drug-likeness (QED) is 0.709. The molecule has 1 amide bonds. The second kappa shape index (κ2) is 7.77. The van der Waals surface area contributed by atoms with Crippen molar-refractivity contribution in [3.05, 3.63) is 89.5 Å². The van der Waals surface area contributed by atoms with Gasteiger partial charge in [-0.25, -0.2) is 0 Å². The summed E-state index contributed by atoms with van der Waals surface area (Å²) in [4.78, 5) is 14.9. The molecule has 4 heteroatoms. The largest absolute Gasteiger partial charge is 0.483 e. The van der Waals surface area contributed by atoms with Gasteiger partial charge in [0, 0.05) is 0 Å². The van der Waals surface area contributed by atoms with E-state index in [-0.39, 0.29) is 18.6 Å². The molecule has 0 radical (unpaired) electrons. The van der Waals surface area contributed by atoms with Crippen LogP contribution in [0.15, 0.2) is 72.8 Å². The van der Waals surface area contributed by atoms with Gasteiger partial charge in [-0.2, -0.15) is 0 Å². The summed E-state index contributed by atoms with van der Waals surface area (Å²) in [6, 6.07) is 24.1. The number of rotatable bonds is 4. The third-order valence-electron chi connectivity index (χ3n) is 5.30. The molecular formula is C24H24N2O2. The van der Waals surface area contributed by atoms with Crippen LogP contribution in [0, 0.1) is 13.8 Å². The van der Waals surface area contributed by atoms with Gasteiger partial charge in [0.05, 0.1) is 24.0 Å². The van der Waals surface area contributed by atoms with Gasteiger partial charge in [-0.1, -0.05) is 54.6 Å². The third kappa shape index (κ3) is 3.58. The number of amides is 1. The van der Waals surface area contributed by atoms with Gasteiger partial charge in [-0.15, -0.1) is 0 Å². The van der Waals surface area contributed by atoms with Crippen LogP contribution in [0.1, 0.15) is 22.7 Å². The summed E-state index contributed by atoms with van der Waals surface area (Å²) in [6.45, 7) is 4.64. The average molecular weight is 372 g/mol. The molecule has 1 aliphatic rings. The molecule has 0 aliphatic carbocycles. The molecule has 1 unspecified atom stereocenters. The van der Waals surface area contributed by atoms with E-state index in [0.717, 1.165) is 33.8 Å². The van der Waals surface area contributed by atoms with Crippen molar-refractivity contribution < 1.29 is 9.53 Å². The van der Waals surface area contributed by atoms with E-state index in [4.69, 9.17) is 4.74 Å². The molecule has 0 bridgehead atoms. The van der Waals surface area contributed by atoms with Crippen molar-refractivity contribution in [3.8, 4) is 5.75 Å². The van der Waals surface area contributed by atoms with E-state index in [1.807, 2.05) is 79.4 Å². The van der Waals surface area contributed by atoms with Crippen LogP contribution in [0.4, 0.5) is 11.4 Å². The predicted molar refractivity (Wildman–Crippen MR) is 113 cm³/mol. The van der Waals surface area contributed by atoms with E-state index in [2.05, 4.69) is 17.4 Å². The Hall–Kier alpha value is -3.27. The zero-order valence-corrected chi connectivity index (χ0v) is 16.2. The molecule has 0 saturated carbocycles. The van der Waals surface area contributed by atoms with Crippen LogP contribution in [0.3, 0.4) is 0 Å². The summed E-state index contributed by atoms with van der Waals surface area (Å²) < 4.78 is 5.88. The minimum Gasteiger partial charge on any atom is -0.483 e.